The fourth-order valence-corrected chi connectivity index (χ4v) is 2.42. The van der Waals surface area contributed by atoms with Crippen molar-refractivity contribution in [2.45, 2.75) is 18.9 Å². The van der Waals surface area contributed by atoms with Crippen LogP contribution in [-0.2, 0) is 0 Å². The van der Waals surface area contributed by atoms with Gasteiger partial charge in [-0.3, -0.25) is 0 Å². The summed E-state index contributed by atoms with van der Waals surface area (Å²) in [5.41, 5.74) is 6.40. The Hall–Kier alpha value is -1.20. The minimum absolute atomic E-state index is 0.402. The average molecular weight is 264 g/mol. The first-order valence-electron chi connectivity index (χ1n) is 6.25. The third-order valence-corrected chi connectivity index (χ3v) is 3.72. The van der Waals surface area contributed by atoms with Crippen LogP contribution >= 0.6 is 12.2 Å². The van der Waals surface area contributed by atoms with Crippen LogP contribution in [0.1, 0.15) is 18.4 Å². The van der Waals surface area contributed by atoms with Gasteiger partial charge in [0.15, 0.2) is 0 Å². The van der Waals surface area contributed by atoms with E-state index < -0.39 is 0 Å². The molecule has 1 aliphatic heterocycles. The predicted octanol–water partition coefficient (Wildman–Crippen LogP) is 1.25. The minimum atomic E-state index is 0.402. The van der Waals surface area contributed by atoms with Crippen LogP contribution in [0.2, 0.25) is 0 Å². The maximum atomic E-state index is 5.58. The molecule has 1 atom stereocenters. The fourth-order valence-electron chi connectivity index (χ4n) is 2.30. The molecule has 2 rings (SSSR count). The second kappa shape index (κ2) is 5.63. The van der Waals surface area contributed by atoms with Crippen LogP contribution in [0.15, 0.2) is 18.3 Å². The molecule has 18 heavy (non-hydrogen) atoms. The third-order valence-electron chi connectivity index (χ3n) is 3.48. The van der Waals surface area contributed by atoms with Crippen LogP contribution in [-0.4, -0.2) is 48.1 Å². The lowest BCUT2D eigenvalue weighted by atomic mass is 10.0. The van der Waals surface area contributed by atoms with Gasteiger partial charge in [-0.05, 0) is 39.1 Å². The van der Waals surface area contributed by atoms with Gasteiger partial charge in [-0.25, -0.2) is 4.98 Å². The van der Waals surface area contributed by atoms with Crippen molar-refractivity contribution >= 4 is 23.0 Å². The molecule has 1 aliphatic rings. The number of hydrogen-bond donors (Lipinski definition) is 1. The van der Waals surface area contributed by atoms with E-state index in [1.807, 2.05) is 12.1 Å². The van der Waals surface area contributed by atoms with E-state index in [0.29, 0.717) is 11.0 Å². The molecule has 0 aliphatic carbocycles. The van der Waals surface area contributed by atoms with Gasteiger partial charge >= 0.3 is 0 Å². The molecule has 0 aromatic carbocycles. The number of likely N-dealkylation sites (N-methyl/N-ethyl adjacent to an activating group) is 1. The van der Waals surface area contributed by atoms with E-state index in [4.69, 9.17) is 18.0 Å². The first kappa shape index (κ1) is 13.2. The SMILES string of the molecule is CN(C)C1CCCN(c2ccc(C(N)=S)cn2)C1. The van der Waals surface area contributed by atoms with Crippen molar-refractivity contribution in [3.8, 4) is 0 Å². The average Bonchev–Trinajstić information content (AvgIpc) is 2.39. The van der Waals surface area contributed by atoms with E-state index >= 15 is 0 Å². The van der Waals surface area contributed by atoms with Crippen molar-refractivity contribution in [1.29, 1.82) is 0 Å². The van der Waals surface area contributed by atoms with E-state index in [1.54, 1.807) is 6.20 Å². The first-order valence-corrected chi connectivity index (χ1v) is 6.66. The molecule has 0 amide bonds. The third kappa shape index (κ3) is 2.97. The molecule has 0 saturated carbocycles. The Labute approximate surface area is 114 Å². The zero-order valence-corrected chi connectivity index (χ0v) is 11.8. The molecule has 2 N–H and O–H groups in total. The largest absolute Gasteiger partial charge is 0.389 e. The van der Waals surface area contributed by atoms with Gasteiger partial charge in [-0.15, -0.1) is 0 Å². The molecular weight excluding hydrogens is 244 g/mol. The van der Waals surface area contributed by atoms with Crippen LogP contribution < -0.4 is 10.6 Å². The Morgan fingerprint density at radius 2 is 2.28 bits per heavy atom. The molecule has 98 valence electrons. The lowest BCUT2D eigenvalue weighted by molar-refractivity contribution is 0.257. The fraction of sp³-hybridized carbons (Fsp3) is 0.538. The highest BCUT2D eigenvalue weighted by molar-refractivity contribution is 7.80. The van der Waals surface area contributed by atoms with Crippen molar-refractivity contribution in [2.24, 2.45) is 5.73 Å². The molecule has 2 heterocycles. The maximum absolute atomic E-state index is 5.58. The summed E-state index contributed by atoms with van der Waals surface area (Å²) >= 11 is 4.93. The summed E-state index contributed by atoms with van der Waals surface area (Å²) in [5.74, 6) is 1.02. The number of anilines is 1. The Kier molecular flexibility index (Phi) is 4.14. The Morgan fingerprint density at radius 1 is 1.50 bits per heavy atom. The second-order valence-corrected chi connectivity index (χ2v) is 5.41. The van der Waals surface area contributed by atoms with Gasteiger partial charge in [-0.1, -0.05) is 12.2 Å². The zero-order chi connectivity index (χ0) is 13.1. The quantitative estimate of drug-likeness (QED) is 0.832. The molecule has 1 fully saturated rings. The topological polar surface area (TPSA) is 45.4 Å². The second-order valence-electron chi connectivity index (χ2n) is 4.98. The number of pyridine rings is 1. The normalized spacial score (nSPS) is 20.2. The van der Waals surface area contributed by atoms with E-state index in [2.05, 4.69) is 28.9 Å². The molecule has 0 spiro atoms. The number of piperidine rings is 1. The smallest absolute Gasteiger partial charge is 0.128 e. The summed E-state index contributed by atoms with van der Waals surface area (Å²) in [6, 6.07) is 4.56. The minimum Gasteiger partial charge on any atom is -0.389 e. The number of hydrogen-bond acceptors (Lipinski definition) is 4. The summed E-state index contributed by atoms with van der Waals surface area (Å²) < 4.78 is 0. The summed E-state index contributed by atoms with van der Waals surface area (Å²) in [4.78, 5) is 9.48. The van der Waals surface area contributed by atoms with E-state index in [9.17, 15) is 0 Å². The predicted molar refractivity (Wildman–Crippen MR) is 79.0 cm³/mol. The van der Waals surface area contributed by atoms with Gasteiger partial charge in [0.05, 0.1) is 0 Å². The molecule has 0 bridgehead atoms. The number of thiocarbonyl (C=S) groups is 1. The molecule has 1 aromatic rings. The van der Waals surface area contributed by atoms with E-state index in [1.165, 1.54) is 12.8 Å². The zero-order valence-electron chi connectivity index (χ0n) is 11.0. The summed E-state index contributed by atoms with van der Waals surface area (Å²) in [6.45, 7) is 2.11. The number of nitrogens with two attached hydrogens (primary N) is 1. The summed E-state index contributed by atoms with van der Waals surface area (Å²) in [7, 11) is 4.27. The number of aromatic nitrogens is 1. The van der Waals surface area contributed by atoms with Gasteiger partial charge in [0, 0.05) is 30.9 Å². The lowest BCUT2D eigenvalue weighted by Crippen LogP contribution is -2.45. The molecule has 4 nitrogen and oxygen atoms in total. The van der Waals surface area contributed by atoms with Crippen LogP contribution in [0.25, 0.3) is 0 Å². The highest BCUT2D eigenvalue weighted by Crippen LogP contribution is 2.19. The van der Waals surface area contributed by atoms with Gasteiger partial charge in [0.25, 0.3) is 0 Å². The number of rotatable bonds is 3. The van der Waals surface area contributed by atoms with E-state index in [-0.39, 0.29) is 0 Å². The van der Waals surface area contributed by atoms with Crippen molar-refractivity contribution in [3.63, 3.8) is 0 Å². The van der Waals surface area contributed by atoms with Crippen molar-refractivity contribution in [3.05, 3.63) is 23.9 Å². The van der Waals surface area contributed by atoms with E-state index in [0.717, 1.165) is 24.5 Å². The molecule has 1 aromatic heterocycles. The van der Waals surface area contributed by atoms with Crippen molar-refractivity contribution in [1.82, 2.24) is 9.88 Å². The highest BCUT2D eigenvalue weighted by Gasteiger charge is 2.22. The van der Waals surface area contributed by atoms with Crippen molar-refractivity contribution in [2.75, 3.05) is 32.1 Å². The monoisotopic (exact) mass is 264 g/mol. The Morgan fingerprint density at radius 3 is 2.83 bits per heavy atom. The lowest BCUT2D eigenvalue weighted by Gasteiger charge is -2.36. The summed E-state index contributed by atoms with van der Waals surface area (Å²) in [5, 5.41) is 0. The Bertz CT molecular complexity index is 416. The van der Waals surface area contributed by atoms with Crippen LogP contribution in [0.4, 0.5) is 5.82 Å². The standard InChI is InChI=1S/C13H20N4S/c1-16(2)11-4-3-7-17(9-11)12-6-5-10(8-15-12)13(14)18/h5-6,8,11H,3-4,7,9H2,1-2H3,(H2,14,18). The van der Waals surface area contributed by atoms with Crippen LogP contribution in [0.5, 0.6) is 0 Å². The molecule has 1 unspecified atom stereocenters. The molecular formula is C13H20N4S. The number of nitrogens with zero attached hydrogens (tertiary/aromatic N) is 3. The van der Waals surface area contributed by atoms with Crippen molar-refractivity contribution < 1.29 is 0 Å². The maximum Gasteiger partial charge on any atom is 0.128 e. The molecule has 1 saturated heterocycles. The molecule has 0 radical (unpaired) electrons. The summed E-state index contributed by atoms with van der Waals surface area (Å²) in [6.07, 6.45) is 4.23. The first-order chi connectivity index (χ1) is 8.58. The van der Waals surface area contributed by atoms with Gasteiger partial charge in [-0.2, -0.15) is 0 Å². The van der Waals surface area contributed by atoms with Gasteiger partial charge in [0.2, 0.25) is 0 Å². The Balaban J connectivity index is 2.09. The van der Waals surface area contributed by atoms with Crippen LogP contribution in [0.3, 0.4) is 0 Å². The van der Waals surface area contributed by atoms with Gasteiger partial charge in [0.1, 0.15) is 10.8 Å². The molecule has 5 heteroatoms. The van der Waals surface area contributed by atoms with Gasteiger partial charge < -0.3 is 15.5 Å². The highest BCUT2D eigenvalue weighted by atomic mass is 32.1. The van der Waals surface area contributed by atoms with Crippen LogP contribution in [0, 0.1) is 0 Å².